The van der Waals surface area contributed by atoms with Gasteiger partial charge in [-0.3, -0.25) is 4.79 Å². The van der Waals surface area contributed by atoms with E-state index in [4.69, 9.17) is 4.52 Å². The molecule has 1 aliphatic rings. The number of benzene rings is 1. The highest BCUT2D eigenvalue weighted by atomic mass is 19.1. The molecule has 1 aromatic carbocycles. The van der Waals surface area contributed by atoms with Gasteiger partial charge in [0.25, 0.3) is 5.91 Å². The molecule has 3 heterocycles. The molecule has 0 spiro atoms. The predicted octanol–water partition coefficient (Wildman–Crippen LogP) is 4.82. The van der Waals surface area contributed by atoms with E-state index in [1.165, 1.54) is 19.2 Å². The van der Waals surface area contributed by atoms with Crippen LogP contribution < -0.4 is 10.2 Å². The van der Waals surface area contributed by atoms with E-state index in [9.17, 15) is 18.0 Å². The summed E-state index contributed by atoms with van der Waals surface area (Å²) in [5.41, 5.74) is -0.456. The molecule has 9 heteroatoms. The van der Waals surface area contributed by atoms with Gasteiger partial charge in [0.05, 0.1) is 17.9 Å². The van der Waals surface area contributed by atoms with Gasteiger partial charge in [0.15, 0.2) is 5.82 Å². The molecule has 0 saturated carbocycles. The van der Waals surface area contributed by atoms with Crippen LogP contribution in [0.25, 0.3) is 11.1 Å². The van der Waals surface area contributed by atoms with Crippen molar-refractivity contribution in [2.75, 3.05) is 23.3 Å². The molecule has 162 valence electrons. The highest BCUT2D eigenvalue weighted by Gasteiger charge is 2.36. The lowest BCUT2D eigenvalue weighted by Gasteiger charge is -2.23. The zero-order valence-electron chi connectivity index (χ0n) is 17.3. The number of nitrogens with zero attached hydrogens (tertiary/aromatic N) is 3. The lowest BCUT2D eigenvalue weighted by molar-refractivity contribution is 0.102. The van der Waals surface area contributed by atoms with E-state index in [1.807, 2.05) is 0 Å². The molecule has 4 rings (SSSR count). The lowest BCUT2D eigenvalue weighted by Crippen LogP contribution is -2.28. The van der Waals surface area contributed by atoms with Crippen LogP contribution in [-0.4, -0.2) is 34.8 Å². The number of rotatable bonds is 4. The maximum atomic E-state index is 14.6. The molecular weight excluding hydrogens is 409 g/mol. The summed E-state index contributed by atoms with van der Waals surface area (Å²) in [6.07, 6.45) is 1.71. The van der Waals surface area contributed by atoms with E-state index < -0.39 is 23.2 Å². The Labute approximate surface area is 177 Å². The van der Waals surface area contributed by atoms with Crippen LogP contribution in [-0.2, 0) is 0 Å². The second kappa shape index (κ2) is 7.72. The Bertz CT molecular complexity index is 1140. The number of anilines is 2. The van der Waals surface area contributed by atoms with Crippen molar-refractivity contribution in [2.24, 2.45) is 0 Å². The first-order valence-corrected chi connectivity index (χ1v) is 9.79. The van der Waals surface area contributed by atoms with Crippen LogP contribution in [0.3, 0.4) is 0 Å². The molecule has 0 aliphatic carbocycles. The van der Waals surface area contributed by atoms with Crippen LogP contribution in [0.15, 0.2) is 35.0 Å². The van der Waals surface area contributed by atoms with Crippen LogP contribution in [0.2, 0.25) is 0 Å². The Hall–Kier alpha value is -3.36. The summed E-state index contributed by atoms with van der Waals surface area (Å²) in [5, 5.41) is 6.54. The number of hydrogen-bond donors (Lipinski definition) is 1. The summed E-state index contributed by atoms with van der Waals surface area (Å²) in [6.45, 7) is 5.14. The van der Waals surface area contributed by atoms with Crippen molar-refractivity contribution in [3.05, 3.63) is 59.1 Å². The Morgan fingerprint density at radius 3 is 2.65 bits per heavy atom. The predicted molar refractivity (Wildman–Crippen MR) is 110 cm³/mol. The molecule has 1 atom stereocenters. The highest BCUT2D eigenvalue weighted by Crippen LogP contribution is 2.39. The zero-order valence-corrected chi connectivity index (χ0v) is 17.3. The number of hydrogen-bond acceptors (Lipinski definition) is 5. The van der Waals surface area contributed by atoms with Gasteiger partial charge in [0.1, 0.15) is 28.6 Å². The molecule has 1 saturated heterocycles. The molecule has 3 aromatic rings. The van der Waals surface area contributed by atoms with Crippen LogP contribution in [0.4, 0.5) is 24.7 Å². The number of amides is 1. The van der Waals surface area contributed by atoms with Crippen LogP contribution >= 0.6 is 0 Å². The number of pyridine rings is 1. The van der Waals surface area contributed by atoms with Gasteiger partial charge >= 0.3 is 0 Å². The number of nitrogens with one attached hydrogen (secondary N) is 1. The highest BCUT2D eigenvalue weighted by molar-refractivity contribution is 6.09. The van der Waals surface area contributed by atoms with Gasteiger partial charge in [-0.25, -0.2) is 18.2 Å². The van der Waals surface area contributed by atoms with Gasteiger partial charge in [-0.1, -0.05) is 5.16 Å². The van der Waals surface area contributed by atoms with Gasteiger partial charge in [-0.2, -0.15) is 0 Å². The molecule has 0 bridgehead atoms. The number of halogens is 3. The Balaban J connectivity index is 1.85. The quantitative estimate of drug-likeness (QED) is 0.643. The minimum Gasteiger partial charge on any atom is -0.361 e. The van der Waals surface area contributed by atoms with Gasteiger partial charge in [-0.05, 0) is 45.0 Å². The standard InChI is InChI=1S/C22H21F3N4O2/c1-12-18(13(2)31-28-12)21(30)27-19-15(16-10-14(23)4-5-17(16)24)6-8-26-20(19)29-9-7-22(3,25)11-29/h4-6,8,10H,7,9,11H2,1-3H3,(H,27,30). The van der Waals surface area contributed by atoms with Crippen molar-refractivity contribution < 1.29 is 22.5 Å². The van der Waals surface area contributed by atoms with Crippen LogP contribution in [0.1, 0.15) is 35.2 Å². The molecule has 1 unspecified atom stereocenters. The maximum absolute atomic E-state index is 14.6. The average molecular weight is 430 g/mol. The minimum atomic E-state index is -1.43. The molecule has 31 heavy (non-hydrogen) atoms. The summed E-state index contributed by atoms with van der Waals surface area (Å²) in [6, 6.07) is 4.55. The molecule has 1 N–H and O–H groups in total. The van der Waals surface area contributed by atoms with E-state index >= 15 is 0 Å². The van der Waals surface area contributed by atoms with Crippen LogP contribution in [0.5, 0.6) is 0 Å². The van der Waals surface area contributed by atoms with Gasteiger partial charge < -0.3 is 14.7 Å². The van der Waals surface area contributed by atoms with Crippen molar-refractivity contribution in [1.29, 1.82) is 0 Å². The van der Waals surface area contributed by atoms with Crippen molar-refractivity contribution in [3.63, 3.8) is 0 Å². The first kappa shape index (κ1) is 20.9. The van der Waals surface area contributed by atoms with Crippen molar-refractivity contribution >= 4 is 17.4 Å². The normalized spacial score (nSPS) is 18.5. The monoisotopic (exact) mass is 430 g/mol. The summed E-state index contributed by atoms with van der Waals surface area (Å²) in [4.78, 5) is 19.1. The third-order valence-corrected chi connectivity index (χ3v) is 5.37. The number of aryl methyl sites for hydroxylation is 2. The molecule has 2 aromatic heterocycles. The first-order chi connectivity index (χ1) is 14.7. The number of carbonyl (C=O) groups is 1. The average Bonchev–Trinajstić information content (AvgIpc) is 3.24. The van der Waals surface area contributed by atoms with Crippen molar-refractivity contribution in [1.82, 2.24) is 10.1 Å². The summed E-state index contributed by atoms with van der Waals surface area (Å²) in [7, 11) is 0. The second-order valence-electron chi connectivity index (χ2n) is 7.92. The third-order valence-electron chi connectivity index (χ3n) is 5.37. The van der Waals surface area contributed by atoms with E-state index in [2.05, 4.69) is 15.5 Å². The number of aromatic nitrogens is 2. The molecular formula is C22H21F3N4O2. The van der Waals surface area contributed by atoms with Crippen molar-refractivity contribution in [2.45, 2.75) is 32.9 Å². The summed E-state index contributed by atoms with van der Waals surface area (Å²) < 4.78 is 48.1. The lowest BCUT2D eigenvalue weighted by atomic mass is 10.0. The topological polar surface area (TPSA) is 71.3 Å². The fourth-order valence-corrected chi connectivity index (χ4v) is 3.83. The minimum absolute atomic E-state index is 0.0417. The van der Waals surface area contributed by atoms with Crippen molar-refractivity contribution in [3.8, 4) is 11.1 Å². The van der Waals surface area contributed by atoms with E-state index in [0.29, 0.717) is 18.0 Å². The van der Waals surface area contributed by atoms with Gasteiger partial charge in [0.2, 0.25) is 0 Å². The van der Waals surface area contributed by atoms with E-state index in [1.54, 1.807) is 18.7 Å². The molecule has 6 nitrogen and oxygen atoms in total. The number of carbonyl (C=O) groups excluding carboxylic acids is 1. The SMILES string of the molecule is Cc1noc(C)c1C(=O)Nc1c(-c2cc(F)ccc2F)ccnc1N1CCC(C)(F)C1. The van der Waals surface area contributed by atoms with Crippen LogP contribution in [0, 0.1) is 25.5 Å². The van der Waals surface area contributed by atoms with Gasteiger partial charge in [0, 0.05) is 30.3 Å². The molecule has 0 radical (unpaired) electrons. The Morgan fingerprint density at radius 1 is 1.23 bits per heavy atom. The molecule has 1 fully saturated rings. The molecule has 1 aliphatic heterocycles. The number of alkyl halides is 1. The Kier molecular flexibility index (Phi) is 5.20. The largest absolute Gasteiger partial charge is 0.361 e. The Morgan fingerprint density at radius 2 is 2.00 bits per heavy atom. The van der Waals surface area contributed by atoms with E-state index in [0.717, 1.165) is 18.2 Å². The fraction of sp³-hybridized carbons (Fsp3) is 0.318. The summed E-state index contributed by atoms with van der Waals surface area (Å²) >= 11 is 0. The first-order valence-electron chi connectivity index (χ1n) is 9.79. The maximum Gasteiger partial charge on any atom is 0.261 e. The third kappa shape index (κ3) is 3.99. The molecule has 1 amide bonds. The smallest absolute Gasteiger partial charge is 0.261 e. The van der Waals surface area contributed by atoms with E-state index in [-0.39, 0.29) is 41.2 Å². The second-order valence-corrected chi connectivity index (χ2v) is 7.92. The zero-order chi connectivity index (χ0) is 22.3. The fourth-order valence-electron chi connectivity index (χ4n) is 3.83. The summed E-state index contributed by atoms with van der Waals surface area (Å²) in [5.74, 6) is -1.23. The van der Waals surface area contributed by atoms with Gasteiger partial charge in [-0.15, -0.1) is 0 Å².